The molecule has 5 heteroatoms. The van der Waals surface area contributed by atoms with Crippen molar-refractivity contribution in [1.29, 1.82) is 0 Å². The van der Waals surface area contributed by atoms with Crippen molar-refractivity contribution in [3.63, 3.8) is 0 Å². The van der Waals surface area contributed by atoms with E-state index in [-0.39, 0.29) is 30.3 Å². The molecule has 2 aliphatic rings. The van der Waals surface area contributed by atoms with Crippen molar-refractivity contribution in [2.24, 2.45) is 5.92 Å². The third-order valence-corrected chi connectivity index (χ3v) is 5.84. The summed E-state index contributed by atoms with van der Waals surface area (Å²) >= 11 is 0. The fraction of sp³-hybridized carbons (Fsp3) is 0.480. The van der Waals surface area contributed by atoms with E-state index in [9.17, 15) is 4.79 Å². The van der Waals surface area contributed by atoms with Crippen LogP contribution in [0.3, 0.4) is 0 Å². The summed E-state index contributed by atoms with van der Waals surface area (Å²) in [5.41, 5.74) is 2.21. The molecule has 0 amide bonds. The molecule has 1 heterocycles. The van der Waals surface area contributed by atoms with Crippen molar-refractivity contribution in [3.8, 4) is 0 Å². The molecule has 0 unspecified atom stereocenters. The first kappa shape index (κ1) is 21.2. The molecule has 0 bridgehead atoms. The van der Waals surface area contributed by atoms with Crippen LogP contribution in [0.2, 0.25) is 0 Å². The third kappa shape index (κ3) is 4.98. The van der Waals surface area contributed by atoms with Crippen molar-refractivity contribution in [2.45, 2.75) is 70.1 Å². The largest absolute Gasteiger partial charge is 0.371 e. The molecule has 0 N–H and O–H groups in total. The van der Waals surface area contributed by atoms with E-state index in [0.717, 1.165) is 17.4 Å². The Morgan fingerprint density at radius 1 is 0.900 bits per heavy atom. The number of benzene rings is 2. The Labute approximate surface area is 178 Å². The minimum atomic E-state index is -0.709. The Balaban J connectivity index is 1.54. The molecule has 30 heavy (non-hydrogen) atoms. The fourth-order valence-corrected chi connectivity index (χ4v) is 4.48. The molecular weight excluding hydrogens is 380 g/mol. The number of aldehydes is 1. The van der Waals surface area contributed by atoms with Crippen LogP contribution >= 0.6 is 0 Å². The van der Waals surface area contributed by atoms with E-state index in [4.69, 9.17) is 18.9 Å². The molecule has 2 aromatic carbocycles. The molecule has 1 saturated carbocycles. The van der Waals surface area contributed by atoms with E-state index >= 15 is 0 Å². The first-order valence-electron chi connectivity index (χ1n) is 10.7. The van der Waals surface area contributed by atoms with Crippen molar-refractivity contribution < 1.29 is 23.7 Å². The molecule has 4 rings (SSSR count). The van der Waals surface area contributed by atoms with Gasteiger partial charge in [-0.05, 0) is 37.3 Å². The van der Waals surface area contributed by atoms with E-state index in [2.05, 4.69) is 0 Å². The summed E-state index contributed by atoms with van der Waals surface area (Å²) in [6.45, 7) is 4.79. The number of carbonyl (C=O) groups is 1. The molecule has 2 fully saturated rings. The maximum Gasteiger partial charge on any atom is 0.163 e. The zero-order valence-electron chi connectivity index (χ0n) is 17.6. The van der Waals surface area contributed by atoms with Gasteiger partial charge in [0.2, 0.25) is 0 Å². The highest BCUT2D eigenvalue weighted by atomic mass is 16.8. The monoisotopic (exact) mass is 410 g/mol. The molecule has 0 aromatic heterocycles. The lowest BCUT2D eigenvalue weighted by molar-refractivity contribution is -0.182. The van der Waals surface area contributed by atoms with Crippen LogP contribution in [0.25, 0.3) is 0 Å². The van der Waals surface area contributed by atoms with Gasteiger partial charge in [0.1, 0.15) is 18.5 Å². The van der Waals surface area contributed by atoms with Crippen molar-refractivity contribution >= 4 is 6.29 Å². The lowest BCUT2D eigenvalue weighted by Gasteiger charge is -2.41. The molecule has 0 spiro atoms. The SMILES string of the molecule is CC1(C)O[C@@H]2[C@@H](OCc3ccccc3)[C@@H](OCc3ccccc3)C[C@@H](CC=O)[C@@H]2O1. The second-order valence-corrected chi connectivity index (χ2v) is 8.56. The van der Waals surface area contributed by atoms with Gasteiger partial charge in [-0.1, -0.05) is 60.7 Å². The average Bonchev–Trinajstić information content (AvgIpc) is 3.08. The second kappa shape index (κ2) is 9.40. The van der Waals surface area contributed by atoms with Gasteiger partial charge in [0.15, 0.2) is 5.79 Å². The molecule has 2 aromatic rings. The highest BCUT2D eigenvalue weighted by Crippen LogP contribution is 2.43. The van der Waals surface area contributed by atoms with Crippen LogP contribution in [0.4, 0.5) is 0 Å². The number of ether oxygens (including phenoxy) is 4. The van der Waals surface area contributed by atoms with Gasteiger partial charge in [0.05, 0.1) is 25.4 Å². The van der Waals surface area contributed by atoms with Crippen LogP contribution < -0.4 is 0 Å². The molecular formula is C25H30O5. The number of hydrogen-bond donors (Lipinski definition) is 0. The van der Waals surface area contributed by atoms with Gasteiger partial charge in [-0.25, -0.2) is 0 Å². The molecule has 160 valence electrons. The average molecular weight is 411 g/mol. The smallest absolute Gasteiger partial charge is 0.163 e. The van der Waals surface area contributed by atoms with Crippen LogP contribution in [0, 0.1) is 5.92 Å². The number of rotatable bonds is 8. The van der Waals surface area contributed by atoms with E-state index < -0.39 is 5.79 Å². The molecule has 5 nitrogen and oxygen atoms in total. The molecule has 1 aliphatic carbocycles. The standard InChI is InChI=1S/C25H30O5/c1-25(2)29-22-20(13-14-26)15-21(27-16-18-9-5-3-6-10-18)23(24(22)30-25)28-17-19-11-7-4-8-12-19/h3-12,14,20-24H,13,15-17H2,1-2H3/t20-,21+,22+,23+,24+/m1/s1. The van der Waals surface area contributed by atoms with Gasteiger partial charge in [-0.3, -0.25) is 0 Å². The summed E-state index contributed by atoms with van der Waals surface area (Å²) in [5, 5.41) is 0. The van der Waals surface area contributed by atoms with E-state index in [0.29, 0.717) is 26.1 Å². The number of carbonyl (C=O) groups excluding carboxylic acids is 1. The minimum Gasteiger partial charge on any atom is -0.371 e. The quantitative estimate of drug-likeness (QED) is 0.608. The maximum atomic E-state index is 11.3. The lowest BCUT2D eigenvalue weighted by atomic mass is 9.79. The van der Waals surface area contributed by atoms with Crippen LogP contribution in [-0.2, 0) is 37.0 Å². The first-order valence-corrected chi connectivity index (χ1v) is 10.7. The zero-order chi connectivity index (χ0) is 21.0. The van der Waals surface area contributed by atoms with Gasteiger partial charge in [0, 0.05) is 6.42 Å². The lowest BCUT2D eigenvalue weighted by Crippen LogP contribution is -2.54. The van der Waals surface area contributed by atoms with Gasteiger partial charge >= 0.3 is 0 Å². The summed E-state index contributed by atoms with van der Waals surface area (Å²) in [4.78, 5) is 11.3. The predicted octanol–water partition coefficient (Wildman–Crippen LogP) is 4.29. The Hall–Kier alpha value is -2.05. The number of fused-ring (bicyclic) bond motifs is 1. The zero-order valence-corrected chi connectivity index (χ0v) is 17.6. The normalized spacial score (nSPS) is 30.0. The van der Waals surface area contributed by atoms with Crippen LogP contribution in [0.5, 0.6) is 0 Å². The topological polar surface area (TPSA) is 54.0 Å². The third-order valence-electron chi connectivity index (χ3n) is 5.84. The van der Waals surface area contributed by atoms with Crippen molar-refractivity contribution in [1.82, 2.24) is 0 Å². The second-order valence-electron chi connectivity index (χ2n) is 8.56. The number of hydrogen-bond acceptors (Lipinski definition) is 5. The van der Waals surface area contributed by atoms with Gasteiger partial charge in [-0.15, -0.1) is 0 Å². The first-order chi connectivity index (χ1) is 14.6. The van der Waals surface area contributed by atoms with Gasteiger partial charge in [-0.2, -0.15) is 0 Å². The van der Waals surface area contributed by atoms with Gasteiger partial charge < -0.3 is 23.7 Å². The van der Waals surface area contributed by atoms with E-state index in [1.165, 1.54) is 0 Å². The van der Waals surface area contributed by atoms with Crippen LogP contribution in [0.1, 0.15) is 37.8 Å². The van der Waals surface area contributed by atoms with Gasteiger partial charge in [0.25, 0.3) is 0 Å². The maximum absolute atomic E-state index is 11.3. The van der Waals surface area contributed by atoms with Crippen molar-refractivity contribution in [2.75, 3.05) is 0 Å². The summed E-state index contributed by atoms with van der Waals surface area (Å²) in [7, 11) is 0. The highest BCUT2D eigenvalue weighted by Gasteiger charge is 2.55. The highest BCUT2D eigenvalue weighted by molar-refractivity contribution is 5.50. The summed E-state index contributed by atoms with van der Waals surface area (Å²) in [6, 6.07) is 20.2. The summed E-state index contributed by atoms with van der Waals surface area (Å²) in [5.74, 6) is -0.661. The minimum absolute atomic E-state index is 0.0478. The predicted molar refractivity (Wildman–Crippen MR) is 113 cm³/mol. The van der Waals surface area contributed by atoms with E-state index in [1.807, 2.05) is 74.5 Å². The molecule has 1 aliphatic heterocycles. The molecule has 0 radical (unpaired) electrons. The Bertz CT molecular complexity index is 807. The Morgan fingerprint density at radius 3 is 2.07 bits per heavy atom. The van der Waals surface area contributed by atoms with Crippen LogP contribution in [0.15, 0.2) is 60.7 Å². The summed E-state index contributed by atoms with van der Waals surface area (Å²) < 4.78 is 25.2. The van der Waals surface area contributed by atoms with E-state index in [1.54, 1.807) is 0 Å². The Morgan fingerprint density at radius 2 is 1.47 bits per heavy atom. The fourth-order valence-electron chi connectivity index (χ4n) is 4.48. The molecule has 1 saturated heterocycles. The Kier molecular flexibility index (Phi) is 6.64. The van der Waals surface area contributed by atoms with Crippen molar-refractivity contribution in [3.05, 3.63) is 71.8 Å². The van der Waals surface area contributed by atoms with Crippen LogP contribution in [-0.4, -0.2) is 36.5 Å². The molecule has 5 atom stereocenters. The summed E-state index contributed by atoms with van der Waals surface area (Å²) in [6.07, 6.45) is 1.19.